The van der Waals surface area contributed by atoms with Gasteiger partial charge in [0.25, 0.3) is 0 Å². The van der Waals surface area contributed by atoms with E-state index in [4.69, 9.17) is 11.6 Å². The van der Waals surface area contributed by atoms with Gasteiger partial charge in [-0.05, 0) is 56.5 Å². The number of nitrogens with one attached hydrogen (secondary N) is 2. The zero-order valence-corrected chi connectivity index (χ0v) is 21.8. The standard InChI is InChI=1S/C27H30ClN3O4S/c1-16(15-32)31-22(24(34)30-19-10-8-18(28)9-11-19)27-13-12-26(2,36-27)20(21(27)25(31)35)23(33)29-14-17-6-4-3-5-7-17/h3-11,16,20-22,32H,12-15H2,1-2H3,(H,29,33)(H,30,34)/t16-,20-,21+,22?,26+,27?/m1/s1. The van der Waals surface area contributed by atoms with E-state index in [1.54, 1.807) is 43.0 Å². The monoisotopic (exact) mass is 527 g/mol. The molecule has 9 heteroatoms. The molecule has 2 unspecified atom stereocenters. The quantitative estimate of drug-likeness (QED) is 0.512. The van der Waals surface area contributed by atoms with Gasteiger partial charge in [-0.2, -0.15) is 0 Å². The molecule has 3 fully saturated rings. The molecule has 3 aliphatic rings. The number of rotatable bonds is 7. The minimum atomic E-state index is -0.799. The molecule has 3 saturated heterocycles. The summed E-state index contributed by atoms with van der Waals surface area (Å²) >= 11 is 7.60. The lowest BCUT2D eigenvalue weighted by Gasteiger charge is -2.36. The second-order valence-electron chi connectivity index (χ2n) is 10.2. The number of likely N-dealkylation sites (tertiary alicyclic amines) is 1. The maximum absolute atomic E-state index is 13.9. The van der Waals surface area contributed by atoms with E-state index >= 15 is 0 Å². The predicted octanol–water partition coefficient (Wildman–Crippen LogP) is 3.46. The van der Waals surface area contributed by atoms with E-state index in [0.29, 0.717) is 23.7 Å². The second-order valence-corrected chi connectivity index (χ2v) is 12.5. The highest BCUT2D eigenvalue weighted by atomic mass is 35.5. The van der Waals surface area contributed by atoms with E-state index < -0.39 is 33.4 Å². The first-order chi connectivity index (χ1) is 17.2. The Labute approximate surface area is 220 Å². The smallest absolute Gasteiger partial charge is 0.248 e. The van der Waals surface area contributed by atoms with Crippen molar-refractivity contribution in [2.75, 3.05) is 11.9 Å². The lowest BCUT2D eigenvalue weighted by molar-refractivity contribution is -0.142. The van der Waals surface area contributed by atoms with Crippen molar-refractivity contribution in [3.05, 3.63) is 65.2 Å². The number of aliphatic hydroxyl groups is 1. The lowest BCUT2D eigenvalue weighted by atomic mass is 9.66. The molecule has 3 amide bonds. The number of thioether (sulfide) groups is 1. The van der Waals surface area contributed by atoms with E-state index in [1.165, 1.54) is 4.90 Å². The highest BCUT2D eigenvalue weighted by molar-refractivity contribution is 8.02. The highest BCUT2D eigenvalue weighted by Crippen LogP contribution is 2.71. The number of carbonyl (C=O) groups is 3. The summed E-state index contributed by atoms with van der Waals surface area (Å²) < 4.78 is -1.19. The van der Waals surface area contributed by atoms with Gasteiger partial charge in [0.2, 0.25) is 17.7 Å². The van der Waals surface area contributed by atoms with Gasteiger partial charge in [0, 0.05) is 22.0 Å². The zero-order valence-electron chi connectivity index (χ0n) is 20.2. The van der Waals surface area contributed by atoms with E-state index in [2.05, 4.69) is 10.6 Å². The molecule has 3 aliphatic heterocycles. The fraction of sp³-hybridized carbons (Fsp3) is 0.444. The van der Waals surface area contributed by atoms with Gasteiger partial charge in [0.05, 0.1) is 29.2 Å². The summed E-state index contributed by atoms with van der Waals surface area (Å²) in [5.74, 6) is -1.90. The Morgan fingerprint density at radius 3 is 2.50 bits per heavy atom. The number of carbonyl (C=O) groups excluding carboxylic acids is 3. The maximum atomic E-state index is 13.9. The summed E-state index contributed by atoms with van der Waals surface area (Å²) in [6, 6.07) is 15.1. The third-order valence-electron chi connectivity index (χ3n) is 7.91. The molecule has 190 valence electrons. The average Bonchev–Trinajstić information content (AvgIpc) is 3.44. The van der Waals surface area contributed by atoms with Crippen LogP contribution in [0.25, 0.3) is 0 Å². The molecular formula is C27H30ClN3O4S. The molecule has 0 radical (unpaired) electrons. The summed E-state index contributed by atoms with van der Waals surface area (Å²) in [7, 11) is 0. The van der Waals surface area contributed by atoms with Crippen molar-refractivity contribution in [1.29, 1.82) is 0 Å². The Balaban J connectivity index is 1.46. The Bertz CT molecular complexity index is 1180. The second kappa shape index (κ2) is 9.39. The van der Waals surface area contributed by atoms with Crippen molar-refractivity contribution in [2.45, 2.75) is 54.8 Å². The molecule has 0 aliphatic carbocycles. The number of nitrogens with zero attached hydrogens (tertiary/aromatic N) is 1. The first kappa shape index (κ1) is 25.1. The third kappa shape index (κ3) is 3.99. The molecule has 7 nitrogen and oxygen atoms in total. The summed E-state index contributed by atoms with van der Waals surface area (Å²) in [6.07, 6.45) is 1.39. The minimum Gasteiger partial charge on any atom is -0.394 e. The fourth-order valence-corrected chi connectivity index (χ4v) is 8.73. The number of anilines is 1. The summed E-state index contributed by atoms with van der Waals surface area (Å²) in [5, 5.41) is 16.5. The Morgan fingerprint density at radius 2 is 1.83 bits per heavy atom. The van der Waals surface area contributed by atoms with Gasteiger partial charge in [-0.15, -0.1) is 11.8 Å². The molecule has 2 bridgehead atoms. The van der Waals surface area contributed by atoms with E-state index in [-0.39, 0.29) is 24.3 Å². The number of fused-ring (bicyclic) bond motifs is 1. The average molecular weight is 528 g/mol. The van der Waals surface area contributed by atoms with Gasteiger partial charge in [0.15, 0.2) is 0 Å². The van der Waals surface area contributed by atoms with E-state index in [0.717, 1.165) is 12.0 Å². The number of aliphatic hydroxyl groups excluding tert-OH is 1. The zero-order chi connectivity index (χ0) is 25.7. The maximum Gasteiger partial charge on any atom is 0.248 e. The summed E-state index contributed by atoms with van der Waals surface area (Å²) in [5.41, 5.74) is 1.56. The summed E-state index contributed by atoms with van der Waals surface area (Å²) in [4.78, 5) is 42.8. The Morgan fingerprint density at radius 1 is 1.14 bits per heavy atom. The Kier molecular flexibility index (Phi) is 6.55. The van der Waals surface area contributed by atoms with Crippen molar-refractivity contribution < 1.29 is 19.5 Å². The Hall–Kier alpha value is -2.55. The van der Waals surface area contributed by atoms with Crippen LogP contribution in [-0.4, -0.2) is 55.9 Å². The minimum absolute atomic E-state index is 0.163. The number of benzene rings is 2. The number of hydrogen-bond acceptors (Lipinski definition) is 5. The molecule has 0 aromatic heterocycles. The van der Waals surface area contributed by atoms with Crippen molar-refractivity contribution in [2.24, 2.45) is 11.8 Å². The van der Waals surface area contributed by atoms with Crippen LogP contribution in [0.2, 0.25) is 5.02 Å². The van der Waals surface area contributed by atoms with Crippen LogP contribution in [0.4, 0.5) is 5.69 Å². The van der Waals surface area contributed by atoms with E-state index in [9.17, 15) is 19.5 Å². The third-order valence-corrected chi connectivity index (χ3v) is 10.1. The van der Waals surface area contributed by atoms with Gasteiger partial charge in [-0.3, -0.25) is 14.4 Å². The lowest BCUT2D eigenvalue weighted by Crippen LogP contribution is -2.54. The molecule has 36 heavy (non-hydrogen) atoms. The first-order valence-corrected chi connectivity index (χ1v) is 13.4. The number of halogens is 1. The van der Waals surface area contributed by atoms with Crippen LogP contribution >= 0.6 is 23.4 Å². The molecule has 6 atom stereocenters. The van der Waals surface area contributed by atoms with Crippen molar-refractivity contribution in [3.8, 4) is 0 Å². The molecule has 3 N–H and O–H groups in total. The van der Waals surface area contributed by atoms with Gasteiger partial charge in [-0.25, -0.2) is 0 Å². The van der Waals surface area contributed by atoms with Crippen LogP contribution in [0.15, 0.2) is 54.6 Å². The largest absolute Gasteiger partial charge is 0.394 e. The summed E-state index contributed by atoms with van der Waals surface area (Å²) in [6.45, 7) is 3.88. The van der Waals surface area contributed by atoms with Crippen LogP contribution in [0, 0.1) is 11.8 Å². The van der Waals surface area contributed by atoms with Crippen LogP contribution < -0.4 is 10.6 Å². The molecule has 1 spiro atoms. The molecule has 2 aromatic carbocycles. The molecule has 2 aromatic rings. The molecule has 0 saturated carbocycles. The molecule has 3 heterocycles. The fourth-order valence-electron chi connectivity index (χ4n) is 6.27. The normalized spacial score (nSPS) is 31.3. The first-order valence-electron chi connectivity index (χ1n) is 12.2. The van der Waals surface area contributed by atoms with Crippen LogP contribution in [-0.2, 0) is 20.9 Å². The highest BCUT2D eigenvalue weighted by Gasteiger charge is 2.77. The molecular weight excluding hydrogens is 498 g/mol. The van der Waals surface area contributed by atoms with Crippen LogP contribution in [0.5, 0.6) is 0 Å². The van der Waals surface area contributed by atoms with Gasteiger partial charge in [-0.1, -0.05) is 41.9 Å². The predicted molar refractivity (Wildman–Crippen MR) is 140 cm³/mol. The van der Waals surface area contributed by atoms with Gasteiger partial charge in [0.1, 0.15) is 6.04 Å². The van der Waals surface area contributed by atoms with Gasteiger partial charge < -0.3 is 20.6 Å². The van der Waals surface area contributed by atoms with Gasteiger partial charge >= 0.3 is 0 Å². The number of hydrogen-bond donors (Lipinski definition) is 3. The van der Waals surface area contributed by atoms with Crippen molar-refractivity contribution in [3.63, 3.8) is 0 Å². The van der Waals surface area contributed by atoms with E-state index in [1.807, 2.05) is 37.3 Å². The topological polar surface area (TPSA) is 98.7 Å². The number of amides is 3. The van der Waals surface area contributed by atoms with Crippen LogP contribution in [0.3, 0.4) is 0 Å². The van der Waals surface area contributed by atoms with Crippen molar-refractivity contribution in [1.82, 2.24) is 10.2 Å². The van der Waals surface area contributed by atoms with Crippen molar-refractivity contribution >= 4 is 46.8 Å². The molecule has 5 rings (SSSR count). The van der Waals surface area contributed by atoms with Crippen LogP contribution in [0.1, 0.15) is 32.3 Å². The SMILES string of the molecule is C[C@H](CO)N1C(=O)[C@@H]2[C@H](C(=O)NCc3ccccc3)[C@]3(C)CCC2(S3)C1C(=O)Nc1ccc(Cl)cc1.